The van der Waals surface area contributed by atoms with E-state index in [1.54, 1.807) is 24.3 Å². The lowest BCUT2D eigenvalue weighted by Gasteiger charge is -2.34. The van der Waals surface area contributed by atoms with Gasteiger partial charge in [-0.05, 0) is 24.1 Å². The summed E-state index contributed by atoms with van der Waals surface area (Å²) in [4.78, 5) is 28.7. The number of carbonyl (C=O) groups excluding carboxylic acids is 2. The predicted octanol–water partition coefficient (Wildman–Crippen LogP) is 2.46. The molecule has 2 aromatic carbocycles. The molecule has 0 aromatic heterocycles. The number of hydrogen-bond acceptors (Lipinski definition) is 3. The first-order chi connectivity index (χ1) is 13.1. The van der Waals surface area contributed by atoms with Crippen molar-refractivity contribution in [3.8, 4) is 0 Å². The molecule has 5 nitrogen and oxygen atoms in total. The molecule has 1 heterocycles. The Morgan fingerprint density at radius 1 is 0.926 bits per heavy atom. The lowest BCUT2D eigenvalue weighted by Crippen LogP contribution is -2.51. The third-order valence-electron chi connectivity index (χ3n) is 4.80. The van der Waals surface area contributed by atoms with Crippen LogP contribution in [-0.2, 0) is 11.2 Å². The minimum atomic E-state index is -0.324. The molecule has 27 heavy (non-hydrogen) atoms. The zero-order valence-electron chi connectivity index (χ0n) is 15.2. The molecule has 0 atom stereocenters. The Kier molecular flexibility index (Phi) is 6.85. The van der Waals surface area contributed by atoms with Crippen LogP contribution in [0.15, 0.2) is 54.6 Å². The highest BCUT2D eigenvalue weighted by atomic mass is 35.5. The number of amides is 2. The second-order valence-corrected chi connectivity index (χ2v) is 7.03. The van der Waals surface area contributed by atoms with E-state index in [-0.39, 0.29) is 18.4 Å². The number of rotatable bonds is 6. The van der Waals surface area contributed by atoms with Gasteiger partial charge >= 0.3 is 0 Å². The fraction of sp³-hybridized carbons (Fsp3) is 0.333. The van der Waals surface area contributed by atoms with Crippen molar-refractivity contribution in [2.24, 2.45) is 0 Å². The summed E-state index contributed by atoms with van der Waals surface area (Å²) in [5.41, 5.74) is 1.72. The van der Waals surface area contributed by atoms with E-state index >= 15 is 0 Å². The molecule has 142 valence electrons. The molecule has 2 amide bonds. The van der Waals surface area contributed by atoms with Crippen molar-refractivity contribution in [2.75, 3.05) is 39.3 Å². The van der Waals surface area contributed by atoms with Crippen LogP contribution in [0.25, 0.3) is 0 Å². The van der Waals surface area contributed by atoms with E-state index in [0.717, 1.165) is 26.1 Å². The largest absolute Gasteiger partial charge is 0.343 e. The summed E-state index contributed by atoms with van der Waals surface area (Å²) in [7, 11) is 0. The molecule has 0 spiro atoms. The van der Waals surface area contributed by atoms with E-state index in [9.17, 15) is 9.59 Å². The van der Waals surface area contributed by atoms with Gasteiger partial charge in [-0.25, -0.2) is 0 Å². The summed E-state index contributed by atoms with van der Waals surface area (Å²) < 4.78 is 0. The average molecular weight is 386 g/mol. The van der Waals surface area contributed by atoms with E-state index in [2.05, 4.69) is 34.5 Å². The fourth-order valence-corrected chi connectivity index (χ4v) is 3.38. The number of nitrogens with zero attached hydrogens (tertiary/aromatic N) is 2. The van der Waals surface area contributed by atoms with Gasteiger partial charge in [-0.3, -0.25) is 14.5 Å². The molecule has 1 fully saturated rings. The van der Waals surface area contributed by atoms with Gasteiger partial charge in [0, 0.05) is 32.7 Å². The summed E-state index contributed by atoms with van der Waals surface area (Å²) >= 11 is 6.01. The summed E-state index contributed by atoms with van der Waals surface area (Å²) in [6.45, 7) is 4.09. The van der Waals surface area contributed by atoms with Crippen LogP contribution in [0.4, 0.5) is 0 Å². The molecule has 0 unspecified atom stereocenters. The number of benzene rings is 2. The monoisotopic (exact) mass is 385 g/mol. The van der Waals surface area contributed by atoms with Crippen LogP contribution in [0.2, 0.25) is 5.02 Å². The van der Waals surface area contributed by atoms with Crippen LogP contribution in [-0.4, -0.2) is 60.9 Å². The van der Waals surface area contributed by atoms with Crippen molar-refractivity contribution < 1.29 is 9.59 Å². The lowest BCUT2D eigenvalue weighted by atomic mass is 10.1. The molecule has 1 saturated heterocycles. The molecule has 6 heteroatoms. The predicted molar refractivity (Wildman–Crippen MR) is 107 cm³/mol. The number of piperazine rings is 1. The van der Waals surface area contributed by atoms with Gasteiger partial charge in [0.2, 0.25) is 5.91 Å². The van der Waals surface area contributed by atoms with E-state index in [1.165, 1.54) is 5.56 Å². The normalized spacial score (nSPS) is 14.8. The van der Waals surface area contributed by atoms with Gasteiger partial charge < -0.3 is 10.2 Å². The van der Waals surface area contributed by atoms with Crippen molar-refractivity contribution in [1.29, 1.82) is 0 Å². The Morgan fingerprint density at radius 2 is 1.59 bits per heavy atom. The summed E-state index contributed by atoms with van der Waals surface area (Å²) in [6.07, 6.45) is 1.02. The topological polar surface area (TPSA) is 52.7 Å². The first kappa shape index (κ1) is 19.4. The maximum absolute atomic E-state index is 12.4. The van der Waals surface area contributed by atoms with Crippen LogP contribution in [0.5, 0.6) is 0 Å². The number of hydrogen-bond donors (Lipinski definition) is 1. The molecule has 2 aromatic rings. The van der Waals surface area contributed by atoms with Crippen LogP contribution >= 0.6 is 11.6 Å². The Hall–Kier alpha value is -2.37. The Morgan fingerprint density at radius 3 is 2.30 bits per heavy atom. The SMILES string of the molecule is O=C(NCC(=O)N1CCN(CCc2ccccc2)CC1)c1ccccc1Cl. The lowest BCUT2D eigenvalue weighted by molar-refractivity contribution is -0.131. The van der Waals surface area contributed by atoms with E-state index < -0.39 is 0 Å². The molecule has 0 bridgehead atoms. The van der Waals surface area contributed by atoms with Gasteiger partial charge in [0.05, 0.1) is 17.1 Å². The minimum absolute atomic E-state index is 0.00588. The number of halogens is 1. The molecular formula is C21H24ClN3O2. The van der Waals surface area contributed by atoms with E-state index in [0.29, 0.717) is 23.7 Å². The van der Waals surface area contributed by atoms with Crippen molar-refractivity contribution >= 4 is 23.4 Å². The average Bonchev–Trinajstić information content (AvgIpc) is 2.72. The van der Waals surface area contributed by atoms with Crippen LogP contribution in [0.1, 0.15) is 15.9 Å². The van der Waals surface area contributed by atoms with Crippen molar-refractivity contribution in [2.45, 2.75) is 6.42 Å². The molecule has 1 aliphatic heterocycles. The van der Waals surface area contributed by atoms with Gasteiger partial charge in [-0.2, -0.15) is 0 Å². The highest BCUT2D eigenvalue weighted by Gasteiger charge is 2.21. The first-order valence-corrected chi connectivity index (χ1v) is 9.58. The highest BCUT2D eigenvalue weighted by Crippen LogP contribution is 2.14. The summed E-state index contributed by atoms with van der Waals surface area (Å²) in [6, 6.07) is 17.2. The molecular weight excluding hydrogens is 362 g/mol. The smallest absolute Gasteiger partial charge is 0.253 e. The molecule has 3 rings (SSSR count). The number of carbonyl (C=O) groups is 2. The zero-order valence-corrected chi connectivity index (χ0v) is 16.0. The Labute approximate surface area is 164 Å². The van der Waals surface area contributed by atoms with Crippen LogP contribution < -0.4 is 5.32 Å². The van der Waals surface area contributed by atoms with Crippen LogP contribution in [0.3, 0.4) is 0 Å². The van der Waals surface area contributed by atoms with Crippen molar-refractivity contribution in [3.05, 3.63) is 70.7 Å². The van der Waals surface area contributed by atoms with Gasteiger partial charge in [0.25, 0.3) is 5.91 Å². The quantitative estimate of drug-likeness (QED) is 0.831. The Bertz CT molecular complexity index is 774. The van der Waals surface area contributed by atoms with E-state index in [4.69, 9.17) is 11.6 Å². The van der Waals surface area contributed by atoms with Crippen LogP contribution in [0, 0.1) is 0 Å². The maximum atomic E-state index is 12.4. The van der Waals surface area contributed by atoms with Crippen molar-refractivity contribution in [3.63, 3.8) is 0 Å². The fourth-order valence-electron chi connectivity index (χ4n) is 3.16. The van der Waals surface area contributed by atoms with Gasteiger partial charge in [0.1, 0.15) is 0 Å². The molecule has 1 aliphatic rings. The van der Waals surface area contributed by atoms with E-state index in [1.807, 2.05) is 11.0 Å². The summed E-state index contributed by atoms with van der Waals surface area (Å²) in [5.74, 6) is -0.381. The number of nitrogens with one attached hydrogen (secondary N) is 1. The molecule has 0 aliphatic carbocycles. The molecule has 0 radical (unpaired) electrons. The second kappa shape index (κ2) is 9.53. The van der Waals surface area contributed by atoms with Gasteiger partial charge in [-0.1, -0.05) is 54.1 Å². The summed E-state index contributed by atoms with van der Waals surface area (Å²) in [5, 5.41) is 3.05. The third-order valence-corrected chi connectivity index (χ3v) is 5.13. The van der Waals surface area contributed by atoms with Crippen molar-refractivity contribution in [1.82, 2.24) is 15.1 Å². The first-order valence-electron chi connectivity index (χ1n) is 9.20. The Balaban J connectivity index is 1.39. The highest BCUT2D eigenvalue weighted by molar-refractivity contribution is 6.33. The second-order valence-electron chi connectivity index (χ2n) is 6.62. The van der Waals surface area contributed by atoms with Gasteiger partial charge in [-0.15, -0.1) is 0 Å². The van der Waals surface area contributed by atoms with Gasteiger partial charge in [0.15, 0.2) is 0 Å². The molecule has 1 N–H and O–H groups in total. The minimum Gasteiger partial charge on any atom is -0.343 e. The third kappa shape index (κ3) is 5.55. The maximum Gasteiger partial charge on any atom is 0.253 e. The molecule has 0 saturated carbocycles. The zero-order chi connectivity index (χ0) is 19.1. The standard InChI is InChI=1S/C21H24ClN3O2/c22-19-9-5-4-8-18(19)21(27)23-16-20(26)25-14-12-24(13-15-25)11-10-17-6-2-1-3-7-17/h1-9H,10-16H2,(H,23,27).